The molecular formula is C17H21N3O5. The molecule has 134 valence electrons. The average Bonchev–Trinajstić information content (AvgIpc) is 2.60. The number of aromatic nitrogens is 2. The van der Waals surface area contributed by atoms with E-state index in [9.17, 15) is 9.59 Å². The van der Waals surface area contributed by atoms with Crippen molar-refractivity contribution in [3.63, 3.8) is 0 Å². The topological polar surface area (TPSA) is 107 Å². The number of nitrogens with one attached hydrogen (secondary N) is 1. The Bertz CT molecular complexity index is 876. The first-order valence-electron chi connectivity index (χ1n) is 8.55. The zero-order valence-electron chi connectivity index (χ0n) is 14.2. The van der Waals surface area contributed by atoms with Gasteiger partial charge in [0.15, 0.2) is 0 Å². The molecular weight excluding hydrogens is 326 g/mol. The van der Waals surface area contributed by atoms with Crippen LogP contribution in [0.5, 0.6) is 6.01 Å². The highest BCUT2D eigenvalue weighted by Crippen LogP contribution is 2.16. The second-order valence-corrected chi connectivity index (χ2v) is 5.96. The van der Waals surface area contributed by atoms with E-state index in [4.69, 9.17) is 14.0 Å². The van der Waals surface area contributed by atoms with E-state index in [0.717, 1.165) is 25.0 Å². The summed E-state index contributed by atoms with van der Waals surface area (Å²) in [5.74, 6) is 0. The maximum atomic E-state index is 12.4. The molecule has 0 unspecified atom stereocenters. The Balaban J connectivity index is 1.90. The smallest absolute Gasteiger partial charge is 0.337 e. The van der Waals surface area contributed by atoms with Gasteiger partial charge in [-0.3, -0.25) is 9.78 Å². The van der Waals surface area contributed by atoms with E-state index in [2.05, 4.69) is 22.0 Å². The van der Waals surface area contributed by atoms with Gasteiger partial charge >= 0.3 is 11.6 Å². The van der Waals surface area contributed by atoms with Gasteiger partial charge in [-0.15, -0.1) is 0 Å². The second kappa shape index (κ2) is 8.06. The molecule has 0 aromatic carbocycles. The lowest BCUT2D eigenvalue weighted by molar-refractivity contribution is 0.132. The first kappa shape index (κ1) is 17.3. The molecule has 2 aromatic heterocycles. The molecule has 1 fully saturated rings. The average molecular weight is 347 g/mol. The number of rotatable bonds is 6. The Hall–Kier alpha value is -2.48. The number of aromatic amines is 1. The summed E-state index contributed by atoms with van der Waals surface area (Å²) in [6.07, 6.45) is 4.95. The Morgan fingerprint density at radius 1 is 1.28 bits per heavy atom. The molecule has 0 saturated carbocycles. The summed E-state index contributed by atoms with van der Waals surface area (Å²) < 4.78 is 10.3. The largest absolute Gasteiger partial charge is 0.403 e. The summed E-state index contributed by atoms with van der Waals surface area (Å²) in [5, 5.41) is 4.28. The van der Waals surface area contributed by atoms with E-state index in [0.29, 0.717) is 43.4 Å². The lowest BCUT2D eigenvalue weighted by Crippen LogP contribution is -2.17. The van der Waals surface area contributed by atoms with Crippen molar-refractivity contribution in [1.29, 1.82) is 0 Å². The highest BCUT2D eigenvalue weighted by Gasteiger charge is 2.14. The zero-order valence-corrected chi connectivity index (χ0v) is 14.2. The standard InChI is InChI=1S/C17H21N3O5/c1-2-3-4-5-11-10-13(21)24-16-14(11)15(22)18-17(19-16)25-20-12-6-8-23-9-7-12/h10H,2-9H2,1H3,(H,18,19,22). The Labute approximate surface area is 143 Å². The first-order chi connectivity index (χ1) is 12.2. The molecule has 0 bridgehead atoms. The van der Waals surface area contributed by atoms with E-state index in [1.54, 1.807) is 0 Å². The third-order valence-corrected chi connectivity index (χ3v) is 4.06. The molecule has 0 atom stereocenters. The van der Waals surface area contributed by atoms with Gasteiger partial charge in [0.1, 0.15) is 5.39 Å². The SMILES string of the molecule is CCCCCc1cc(=O)oc2nc(ON=C3CCOCC3)[nH]c(=O)c12. The van der Waals surface area contributed by atoms with Crippen molar-refractivity contribution < 1.29 is 14.0 Å². The molecule has 3 rings (SSSR count). The van der Waals surface area contributed by atoms with Crippen molar-refractivity contribution in [1.82, 2.24) is 9.97 Å². The highest BCUT2D eigenvalue weighted by atomic mass is 16.6. The first-order valence-corrected chi connectivity index (χ1v) is 8.55. The molecule has 0 radical (unpaired) electrons. The molecule has 2 aromatic rings. The van der Waals surface area contributed by atoms with Crippen LogP contribution in [-0.2, 0) is 11.2 Å². The van der Waals surface area contributed by atoms with E-state index >= 15 is 0 Å². The summed E-state index contributed by atoms with van der Waals surface area (Å²) in [5.41, 5.74) is 0.533. The van der Waals surface area contributed by atoms with Crippen LogP contribution in [0.1, 0.15) is 44.6 Å². The van der Waals surface area contributed by atoms with Crippen LogP contribution in [-0.4, -0.2) is 28.9 Å². The third kappa shape index (κ3) is 4.33. The molecule has 1 aliphatic heterocycles. The Morgan fingerprint density at radius 2 is 2.08 bits per heavy atom. The second-order valence-electron chi connectivity index (χ2n) is 5.96. The van der Waals surface area contributed by atoms with Crippen LogP contribution < -0.4 is 16.0 Å². The molecule has 1 N–H and O–H groups in total. The third-order valence-electron chi connectivity index (χ3n) is 4.06. The number of unbranched alkanes of at least 4 members (excludes halogenated alkanes) is 2. The minimum absolute atomic E-state index is 0.0232. The number of oxime groups is 1. The maximum Gasteiger partial charge on any atom is 0.337 e. The van der Waals surface area contributed by atoms with Gasteiger partial charge in [-0.1, -0.05) is 24.9 Å². The lowest BCUT2D eigenvalue weighted by Gasteiger charge is -2.12. The fraction of sp³-hybridized carbons (Fsp3) is 0.529. The Morgan fingerprint density at radius 3 is 2.84 bits per heavy atom. The molecule has 0 spiro atoms. The van der Waals surface area contributed by atoms with Crippen LogP contribution in [0.25, 0.3) is 11.1 Å². The molecule has 8 heteroatoms. The minimum atomic E-state index is -0.529. The van der Waals surface area contributed by atoms with Gasteiger partial charge in [0.05, 0.1) is 18.9 Å². The summed E-state index contributed by atoms with van der Waals surface area (Å²) in [6, 6.07) is 1.27. The van der Waals surface area contributed by atoms with Gasteiger partial charge in [-0.05, 0) is 18.4 Å². The predicted octanol–water partition coefficient (Wildman–Crippen LogP) is 2.15. The minimum Gasteiger partial charge on any atom is -0.403 e. The van der Waals surface area contributed by atoms with Crippen LogP contribution in [0.2, 0.25) is 0 Å². The summed E-state index contributed by atoms with van der Waals surface area (Å²) in [4.78, 5) is 36.0. The summed E-state index contributed by atoms with van der Waals surface area (Å²) in [7, 11) is 0. The number of nitrogens with zero attached hydrogens (tertiary/aromatic N) is 2. The van der Waals surface area contributed by atoms with Gasteiger partial charge in [0.25, 0.3) is 5.56 Å². The van der Waals surface area contributed by atoms with Gasteiger partial charge in [0, 0.05) is 18.9 Å². The molecule has 3 heterocycles. The Kier molecular flexibility index (Phi) is 5.60. The monoisotopic (exact) mass is 347 g/mol. The van der Waals surface area contributed by atoms with Crippen molar-refractivity contribution in [2.75, 3.05) is 13.2 Å². The van der Waals surface area contributed by atoms with E-state index in [1.165, 1.54) is 6.07 Å². The number of ether oxygens (including phenoxy) is 1. The van der Waals surface area contributed by atoms with Gasteiger partial charge in [-0.2, -0.15) is 4.98 Å². The fourth-order valence-electron chi connectivity index (χ4n) is 2.74. The zero-order chi connectivity index (χ0) is 17.6. The lowest BCUT2D eigenvalue weighted by atomic mass is 10.1. The molecule has 0 amide bonds. The van der Waals surface area contributed by atoms with Crippen molar-refractivity contribution in [2.45, 2.75) is 45.4 Å². The predicted molar refractivity (Wildman–Crippen MR) is 92.2 cm³/mol. The summed E-state index contributed by atoms with van der Waals surface area (Å²) >= 11 is 0. The van der Waals surface area contributed by atoms with E-state index < -0.39 is 11.2 Å². The van der Waals surface area contributed by atoms with E-state index in [-0.39, 0.29) is 11.7 Å². The van der Waals surface area contributed by atoms with Gasteiger partial charge in [-0.25, -0.2) is 4.79 Å². The molecule has 25 heavy (non-hydrogen) atoms. The number of hydrogen-bond acceptors (Lipinski definition) is 7. The number of H-pyrrole nitrogens is 1. The molecule has 1 aliphatic rings. The fourth-order valence-corrected chi connectivity index (χ4v) is 2.74. The number of aryl methyl sites for hydroxylation is 1. The van der Waals surface area contributed by atoms with E-state index in [1.807, 2.05) is 0 Å². The highest BCUT2D eigenvalue weighted by molar-refractivity contribution is 5.84. The summed E-state index contributed by atoms with van der Waals surface area (Å²) in [6.45, 7) is 3.29. The number of fused-ring (bicyclic) bond motifs is 1. The van der Waals surface area contributed by atoms with Crippen LogP contribution in [0.3, 0.4) is 0 Å². The van der Waals surface area contributed by atoms with Crippen LogP contribution in [0, 0.1) is 0 Å². The van der Waals surface area contributed by atoms with Crippen LogP contribution in [0.15, 0.2) is 25.2 Å². The quantitative estimate of drug-likeness (QED) is 0.634. The van der Waals surface area contributed by atoms with Crippen molar-refractivity contribution in [3.05, 3.63) is 32.4 Å². The van der Waals surface area contributed by atoms with Gasteiger partial charge < -0.3 is 14.0 Å². The van der Waals surface area contributed by atoms with Crippen LogP contribution in [0.4, 0.5) is 0 Å². The normalized spacial score (nSPS) is 14.7. The van der Waals surface area contributed by atoms with Crippen LogP contribution >= 0.6 is 0 Å². The van der Waals surface area contributed by atoms with Crippen molar-refractivity contribution in [2.24, 2.45) is 5.16 Å². The van der Waals surface area contributed by atoms with Crippen molar-refractivity contribution in [3.8, 4) is 6.01 Å². The number of hydrogen-bond donors (Lipinski definition) is 1. The molecule has 8 nitrogen and oxygen atoms in total. The molecule has 1 saturated heterocycles. The van der Waals surface area contributed by atoms with Gasteiger partial charge in [0.2, 0.25) is 5.71 Å². The molecule has 0 aliphatic carbocycles. The maximum absolute atomic E-state index is 12.4. The van der Waals surface area contributed by atoms with Crippen molar-refractivity contribution >= 4 is 16.8 Å².